The maximum atomic E-state index is 5.92. The average Bonchev–Trinajstić information content (AvgIpc) is 2.59. The quantitative estimate of drug-likeness (QED) is 0.761. The van der Waals surface area contributed by atoms with E-state index >= 15 is 0 Å². The van der Waals surface area contributed by atoms with Gasteiger partial charge in [-0.05, 0) is 44.9 Å². The van der Waals surface area contributed by atoms with Gasteiger partial charge in [0.1, 0.15) is 0 Å². The Morgan fingerprint density at radius 3 is 2.58 bits per heavy atom. The number of benzene rings is 1. The second kappa shape index (κ2) is 9.23. The SMILES string of the molecule is CCOc1cc(CNCc2cnc(C)cn2)ccc1O[C@H](C)CC. The van der Waals surface area contributed by atoms with E-state index < -0.39 is 0 Å². The van der Waals surface area contributed by atoms with Crippen molar-refractivity contribution in [2.75, 3.05) is 6.61 Å². The minimum atomic E-state index is 0.174. The summed E-state index contributed by atoms with van der Waals surface area (Å²) < 4.78 is 11.6. The molecule has 1 atom stereocenters. The summed E-state index contributed by atoms with van der Waals surface area (Å²) in [6.07, 6.45) is 4.72. The van der Waals surface area contributed by atoms with Crippen LogP contribution in [0.5, 0.6) is 11.5 Å². The molecule has 130 valence electrons. The maximum absolute atomic E-state index is 5.92. The van der Waals surface area contributed by atoms with Crippen LogP contribution in [0.1, 0.15) is 44.1 Å². The Labute approximate surface area is 144 Å². The van der Waals surface area contributed by atoms with Gasteiger partial charge in [-0.25, -0.2) is 0 Å². The lowest BCUT2D eigenvalue weighted by atomic mass is 10.2. The predicted octanol–water partition coefficient (Wildman–Crippen LogP) is 3.65. The summed E-state index contributed by atoms with van der Waals surface area (Å²) in [4.78, 5) is 8.59. The van der Waals surface area contributed by atoms with E-state index in [0.717, 1.165) is 41.4 Å². The van der Waals surface area contributed by atoms with Crippen LogP contribution in [0.4, 0.5) is 0 Å². The number of ether oxygens (including phenoxy) is 2. The molecule has 0 amide bonds. The Morgan fingerprint density at radius 2 is 1.92 bits per heavy atom. The number of nitrogens with zero attached hydrogens (tertiary/aromatic N) is 2. The van der Waals surface area contributed by atoms with Crippen LogP contribution >= 0.6 is 0 Å². The Balaban J connectivity index is 1.97. The lowest BCUT2D eigenvalue weighted by Crippen LogP contribution is -2.15. The normalized spacial score (nSPS) is 12.0. The summed E-state index contributed by atoms with van der Waals surface area (Å²) in [5, 5.41) is 3.38. The van der Waals surface area contributed by atoms with E-state index in [4.69, 9.17) is 9.47 Å². The maximum Gasteiger partial charge on any atom is 0.161 e. The number of rotatable bonds is 9. The largest absolute Gasteiger partial charge is 0.490 e. The predicted molar refractivity (Wildman–Crippen MR) is 95.3 cm³/mol. The van der Waals surface area contributed by atoms with E-state index in [1.807, 2.05) is 26.0 Å². The fraction of sp³-hybridized carbons (Fsp3) is 0.474. The molecule has 0 aliphatic rings. The molecule has 0 unspecified atom stereocenters. The zero-order valence-corrected chi connectivity index (χ0v) is 15.0. The molecule has 1 aromatic carbocycles. The van der Waals surface area contributed by atoms with Gasteiger partial charge in [0.15, 0.2) is 11.5 Å². The molecule has 0 radical (unpaired) electrons. The molecule has 0 saturated carbocycles. The zero-order valence-electron chi connectivity index (χ0n) is 15.0. The van der Waals surface area contributed by atoms with Crippen molar-refractivity contribution in [3.63, 3.8) is 0 Å². The van der Waals surface area contributed by atoms with Gasteiger partial charge in [0.05, 0.1) is 24.1 Å². The van der Waals surface area contributed by atoms with Gasteiger partial charge in [0.2, 0.25) is 0 Å². The molecular formula is C19H27N3O2. The lowest BCUT2D eigenvalue weighted by Gasteiger charge is -2.17. The lowest BCUT2D eigenvalue weighted by molar-refractivity contribution is 0.203. The fourth-order valence-corrected chi connectivity index (χ4v) is 2.17. The standard InChI is InChI=1S/C19H27N3O2/c1-5-15(4)24-18-8-7-16(9-19(18)23-6-2)11-20-12-17-13-21-14(3)10-22-17/h7-10,13,15,20H,5-6,11-12H2,1-4H3/t15-/m1/s1. The van der Waals surface area contributed by atoms with Crippen molar-refractivity contribution in [2.45, 2.75) is 53.3 Å². The Morgan fingerprint density at radius 1 is 1.08 bits per heavy atom. The molecule has 1 N–H and O–H groups in total. The molecule has 1 aromatic heterocycles. The fourth-order valence-electron chi connectivity index (χ4n) is 2.17. The molecule has 1 heterocycles. The second-order valence-electron chi connectivity index (χ2n) is 5.80. The number of aryl methyl sites for hydroxylation is 1. The highest BCUT2D eigenvalue weighted by molar-refractivity contribution is 5.43. The topological polar surface area (TPSA) is 56.3 Å². The summed E-state index contributed by atoms with van der Waals surface area (Å²) in [7, 11) is 0. The third-order valence-corrected chi connectivity index (χ3v) is 3.68. The van der Waals surface area contributed by atoms with Crippen molar-refractivity contribution >= 4 is 0 Å². The first-order chi connectivity index (χ1) is 11.6. The number of hydrogen-bond acceptors (Lipinski definition) is 5. The first-order valence-corrected chi connectivity index (χ1v) is 8.53. The summed E-state index contributed by atoms with van der Waals surface area (Å²) in [6.45, 7) is 10.1. The molecule has 0 spiro atoms. The zero-order chi connectivity index (χ0) is 17.4. The van der Waals surface area contributed by atoms with Crippen LogP contribution in [0.2, 0.25) is 0 Å². The van der Waals surface area contributed by atoms with Crippen LogP contribution < -0.4 is 14.8 Å². The Bertz CT molecular complexity index is 629. The molecule has 2 rings (SSSR count). The van der Waals surface area contributed by atoms with Crippen LogP contribution in [-0.2, 0) is 13.1 Å². The van der Waals surface area contributed by atoms with E-state index in [9.17, 15) is 0 Å². The first kappa shape index (κ1) is 18.2. The molecule has 0 bridgehead atoms. The molecule has 0 aliphatic heterocycles. The number of hydrogen-bond donors (Lipinski definition) is 1. The summed E-state index contributed by atoms with van der Waals surface area (Å²) in [5.74, 6) is 1.60. The highest BCUT2D eigenvalue weighted by atomic mass is 16.5. The van der Waals surface area contributed by atoms with Gasteiger partial charge in [0.25, 0.3) is 0 Å². The third kappa shape index (κ3) is 5.49. The second-order valence-corrected chi connectivity index (χ2v) is 5.80. The van der Waals surface area contributed by atoms with Gasteiger partial charge >= 0.3 is 0 Å². The van der Waals surface area contributed by atoms with Crippen molar-refractivity contribution in [3.05, 3.63) is 47.5 Å². The van der Waals surface area contributed by atoms with Gasteiger partial charge in [-0.15, -0.1) is 0 Å². The van der Waals surface area contributed by atoms with Crippen LogP contribution in [0, 0.1) is 6.92 Å². The summed E-state index contributed by atoms with van der Waals surface area (Å²) in [5.41, 5.74) is 3.01. The molecule has 24 heavy (non-hydrogen) atoms. The van der Waals surface area contributed by atoms with Crippen molar-refractivity contribution in [2.24, 2.45) is 0 Å². The minimum Gasteiger partial charge on any atom is -0.490 e. The van der Waals surface area contributed by atoms with Crippen LogP contribution in [0.25, 0.3) is 0 Å². The Kier molecular flexibility index (Phi) is 7.00. The first-order valence-electron chi connectivity index (χ1n) is 8.53. The number of nitrogens with one attached hydrogen (secondary N) is 1. The van der Waals surface area contributed by atoms with Crippen molar-refractivity contribution in [3.8, 4) is 11.5 Å². The monoisotopic (exact) mass is 329 g/mol. The molecule has 0 aliphatic carbocycles. The van der Waals surface area contributed by atoms with E-state index in [0.29, 0.717) is 13.2 Å². The summed E-state index contributed by atoms with van der Waals surface area (Å²) >= 11 is 0. The third-order valence-electron chi connectivity index (χ3n) is 3.68. The van der Waals surface area contributed by atoms with E-state index in [1.165, 1.54) is 0 Å². The molecule has 0 saturated heterocycles. The van der Waals surface area contributed by atoms with Gasteiger partial charge in [-0.2, -0.15) is 0 Å². The van der Waals surface area contributed by atoms with Crippen LogP contribution in [0.15, 0.2) is 30.6 Å². The molecule has 5 nitrogen and oxygen atoms in total. The van der Waals surface area contributed by atoms with E-state index in [1.54, 1.807) is 12.4 Å². The highest BCUT2D eigenvalue weighted by Crippen LogP contribution is 2.29. The van der Waals surface area contributed by atoms with Gasteiger partial charge in [-0.3, -0.25) is 9.97 Å². The van der Waals surface area contributed by atoms with Crippen molar-refractivity contribution in [1.29, 1.82) is 0 Å². The van der Waals surface area contributed by atoms with Crippen molar-refractivity contribution in [1.82, 2.24) is 15.3 Å². The molecule has 0 fully saturated rings. The van der Waals surface area contributed by atoms with E-state index in [-0.39, 0.29) is 6.10 Å². The number of aromatic nitrogens is 2. The van der Waals surface area contributed by atoms with Crippen LogP contribution in [0.3, 0.4) is 0 Å². The summed E-state index contributed by atoms with van der Waals surface area (Å²) in [6, 6.07) is 6.09. The molecule has 5 heteroatoms. The van der Waals surface area contributed by atoms with Crippen LogP contribution in [-0.4, -0.2) is 22.7 Å². The van der Waals surface area contributed by atoms with Gasteiger partial charge < -0.3 is 14.8 Å². The van der Waals surface area contributed by atoms with Crippen molar-refractivity contribution < 1.29 is 9.47 Å². The van der Waals surface area contributed by atoms with Gasteiger partial charge in [-0.1, -0.05) is 13.0 Å². The Hall–Kier alpha value is -2.14. The average molecular weight is 329 g/mol. The molecular weight excluding hydrogens is 302 g/mol. The molecule has 2 aromatic rings. The van der Waals surface area contributed by atoms with E-state index in [2.05, 4.69) is 35.2 Å². The smallest absolute Gasteiger partial charge is 0.161 e. The minimum absolute atomic E-state index is 0.174. The highest BCUT2D eigenvalue weighted by Gasteiger charge is 2.09. The van der Waals surface area contributed by atoms with Gasteiger partial charge in [0, 0.05) is 25.5 Å².